The summed E-state index contributed by atoms with van der Waals surface area (Å²) in [7, 11) is 0. The van der Waals surface area contributed by atoms with E-state index < -0.39 is 0 Å². The van der Waals surface area contributed by atoms with Crippen molar-refractivity contribution in [1.82, 2.24) is 25.8 Å². The summed E-state index contributed by atoms with van der Waals surface area (Å²) in [5.41, 5.74) is 0.508. The number of nitrogens with zero attached hydrogens (tertiary/aromatic N) is 2. The smallest absolute Gasteiger partial charge is 0.312 e. The molecule has 2 saturated heterocycles. The van der Waals surface area contributed by atoms with Crippen LogP contribution >= 0.6 is 0 Å². The minimum atomic E-state index is -0.370. The van der Waals surface area contributed by atoms with E-state index in [0.29, 0.717) is 29.7 Å². The minimum absolute atomic E-state index is 0.126. The molecule has 2 aromatic rings. The lowest BCUT2D eigenvalue weighted by Crippen LogP contribution is -2.39. The number of esters is 1. The summed E-state index contributed by atoms with van der Waals surface area (Å²) in [6.07, 6.45) is 3.62. The van der Waals surface area contributed by atoms with Gasteiger partial charge in [-0.25, -0.2) is 4.98 Å². The summed E-state index contributed by atoms with van der Waals surface area (Å²) in [5.74, 6) is -0.396. The summed E-state index contributed by atoms with van der Waals surface area (Å²) in [6, 6.07) is 3.55. The Morgan fingerprint density at radius 2 is 2.25 bits per heavy atom. The van der Waals surface area contributed by atoms with Crippen LogP contribution in [0.4, 0.5) is 0 Å². The van der Waals surface area contributed by atoms with E-state index in [4.69, 9.17) is 4.74 Å². The van der Waals surface area contributed by atoms with Crippen LogP contribution in [0.15, 0.2) is 18.3 Å². The first-order valence-corrected chi connectivity index (χ1v) is 8.17. The van der Waals surface area contributed by atoms with E-state index in [-0.39, 0.29) is 23.4 Å². The fourth-order valence-electron chi connectivity index (χ4n) is 3.58. The second-order valence-corrected chi connectivity index (χ2v) is 6.44. The van der Waals surface area contributed by atoms with E-state index in [1.807, 2.05) is 0 Å². The number of nitrogens with one attached hydrogen (secondary N) is 3. The van der Waals surface area contributed by atoms with Gasteiger partial charge >= 0.3 is 5.97 Å². The van der Waals surface area contributed by atoms with Crippen LogP contribution in [0.1, 0.15) is 29.8 Å². The summed E-state index contributed by atoms with van der Waals surface area (Å²) in [6.45, 7) is 1.98. The number of carbonyl (C=O) groups excluding carboxylic acids is 2. The molecule has 1 atom stereocenters. The van der Waals surface area contributed by atoms with Gasteiger partial charge in [-0.15, -0.1) is 0 Å². The molecule has 4 rings (SSSR count). The van der Waals surface area contributed by atoms with Crippen molar-refractivity contribution in [2.24, 2.45) is 5.41 Å². The van der Waals surface area contributed by atoms with E-state index in [2.05, 4.69) is 25.8 Å². The lowest BCUT2D eigenvalue weighted by atomic mass is 9.76. The first-order chi connectivity index (χ1) is 11.7. The Kier molecular flexibility index (Phi) is 3.68. The Bertz CT molecular complexity index is 781. The highest BCUT2D eigenvalue weighted by Crippen LogP contribution is 2.41. The Balaban J connectivity index is 1.40. The summed E-state index contributed by atoms with van der Waals surface area (Å²) in [4.78, 5) is 28.7. The maximum atomic E-state index is 12.4. The number of H-pyrrole nitrogens is 1. The second kappa shape index (κ2) is 5.86. The van der Waals surface area contributed by atoms with E-state index in [9.17, 15) is 9.59 Å². The van der Waals surface area contributed by atoms with Crippen LogP contribution in [0.5, 0.6) is 0 Å². The van der Waals surface area contributed by atoms with Gasteiger partial charge in [0, 0.05) is 12.6 Å². The second-order valence-electron chi connectivity index (χ2n) is 6.44. The normalized spacial score (nSPS) is 22.7. The number of piperidine rings is 1. The summed E-state index contributed by atoms with van der Waals surface area (Å²) >= 11 is 0. The van der Waals surface area contributed by atoms with Gasteiger partial charge in [-0.3, -0.25) is 14.7 Å². The number of aromatic amines is 1. The summed E-state index contributed by atoms with van der Waals surface area (Å²) < 4.78 is 5.49. The first-order valence-electron chi connectivity index (χ1n) is 8.17. The third-order valence-corrected chi connectivity index (χ3v) is 4.93. The van der Waals surface area contributed by atoms with E-state index in [1.165, 1.54) is 0 Å². The molecule has 8 nitrogen and oxygen atoms in total. The molecule has 3 N–H and O–H groups in total. The summed E-state index contributed by atoms with van der Waals surface area (Å²) in [5, 5.41) is 13.5. The molecule has 4 heterocycles. The van der Waals surface area contributed by atoms with Crippen LogP contribution in [0.3, 0.4) is 0 Å². The molecule has 2 fully saturated rings. The number of rotatable bonds is 3. The zero-order chi connectivity index (χ0) is 16.6. The highest BCUT2D eigenvalue weighted by Gasteiger charge is 2.49. The number of aromatic nitrogens is 3. The molecule has 2 aliphatic heterocycles. The van der Waals surface area contributed by atoms with Gasteiger partial charge in [0.05, 0.1) is 17.3 Å². The molecule has 1 spiro atoms. The van der Waals surface area contributed by atoms with Crippen molar-refractivity contribution in [3.8, 4) is 0 Å². The van der Waals surface area contributed by atoms with Crippen molar-refractivity contribution in [3.05, 3.63) is 24.0 Å². The molecule has 2 aliphatic rings. The van der Waals surface area contributed by atoms with Gasteiger partial charge in [-0.1, -0.05) is 0 Å². The molecule has 0 aromatic carbocycles. The number of pyridine rings is 1. The van der Waals surface area contributed by atoms with Gasteiger partial charge in [0.2, 0.25) is 0 Å². The van der Waals surface area contributed by atoms with Crippen molar-refractivity contribution in [2.45, 2.75) is 25.4 Å². The Labute approximate surface area is 138 Å². The number of carbonyl (C=O) groups is 2. The van der Waals surface area contributed by atoms with E-state index >= 15 is 0 Å². The Hall–Kier alpha value is -2.48. The van der Waals surface area contributed by atoms with Gasteiger partial charge in [0.15, 0.2) is 5.65 Å². The molecule has 1 unspecified atom stereocenters. The van der Waals surface area contributed by atoms with Crippen LogP contribution in [0.2, 0.25) is 0 Å². The minimum Gasteiger partial charge on any atom is -0.460 e. The molecular weight excluding hydrogens is 310 g/mol. The molecule has 1 amide bonds. The third-order valence-electron chi connectivity index (χ3n) is 4.93. The number of ether oxygens (including phenoxy) is 1. The number of amides is 1. The number of hydrogen-bond donors (Lipinski definition) is 3. The quantitative estimate of drug-likeness (QED) is 0.702. The highest BCUT2D eigenvalue weighted by molar-refractivity contribution is 6.03. The van der Waals surface area contributed by atoms with Gasteiger partial charge in [-0.05, 0) is 38.1 Å². The SMILES string of the molecule is O=C(NCC1CC2(CCNCC2)C(=O)O1)c1[nH]nc2ncccc12. The molecule has 8 heteroatoms. The van der Waals surface area contributed by atoms with Crippen molar-refractivity contribution < 1.29 is 14.3 Å². The van der Waals surface area contributed by atoms with Crippen molar-refractivity contribution in [2.75, 3.05) is 19.6 Å². The van der Waals surface area contributed by atoms with E-state index in [1.54, 1.807) is 18.3 Å². The predicted octanol–water partition coefficient (Wildman–Crippen LogP) is 0.373. The maximum absolute atomic E-state index is 12.4. The molecule has 0 aliphatic carbocycles. The predicted molar refractivity (Wildman–Crippen MR) is 85.3 cm³/mol. The van der Waals surface area contributed by atoms with Gasteiger partial charge in [-0.2, -0.15) is 5.10 Å². The van der Waals surface area contributed by atoms with Crippen LogP contribution in [0, 0.1) is 5.41 Å². The fraction of sp³-hybridized carbons (Fsp3) is 0.500. The number of fused-ring (bicyclic) bond motifs is 1. The van der Waals surface area contributed by atoms with Crippen molar-refractivity contribution in [3.63, 3.8) is 0 Å². The average molecular weight is 329 g/mol. The van der Waals surface area contributed by atoms with Crippen LogP contribution in [-0.2, 0) is 9.53 Å². The molecule has 0 saturated carbocycles. The van der Waals surface area contributed by atoms with Crippen LogP contribution in [-0.4, -0.2) is 52.8 Å². The third kappa shape index (κ3) is 2.52. The largest absolute Gasteiger partial charge is 0.460 e. The Morgan fingerprint density at radius 1 is 1.42 bits per heavy atom. The number of hydrogen-bond acceptors (Lipinski definition) is 6. The lowest BCUT2D eigenvalue weighted by Gasteiger charge is -2.29. The zero-order valence-corrected chi connectivity index (χ0v) is 13.2. The van der Waals surface area contributed by atoms with E-state index in [0.717, 1.165) is 25.9 Å². The molecule has 126 valence electrons. The molecule has 24 heavy (non-hydrogen) atoms. The first kappa shape index (κ1) is 15.1. The fourth-order valence-corrected chi connectivity index (χ4v) is 3.58. The van der Waals surface area contributed by atoms with Gasteiger partial charge in [0.1, 0.15) is 11.8 Å². The van der Waals surface area contributed by atoms with Crippen molar-refractivity contribution >= 4 is 22.9 Å². The topological polar surface area (TPSA) is 109 Å². The van der Waals surface area contributed by atoms with Gasteiger partial charge < -0.3 is 15.4 Å². The molecule has 2 aromatic heterocycles. The number of cyclic esters (lactones) is 1. The lowest BCUT2D eigenvalue weighted by molar-refractivity contribution is -0.149. The van der Waals surface area contributed by atoms with Crippen molar-refractivity contribution in [1.29, 1.82) is 0 Å². The van der Waals surface area contributed by atoms with Gasteiger partial charge in [0.25, 0.3) is 5.91 Å². The highest BCUT2D eigenvalue weighted by atomic mass is 16.6. The molecule has 0 radical (unpaired) electrons. The van der Waals surface area contributed by atoms with Crippen LogP contribution < -0.4 is 10.6 Å². The molecule has 0 bridgehead atoms. The average Bonchev–Trinajstić information content (AvgIpc) is 3.16. The van der Waals surface area contributed by atoms with Crippen LogP contribution in [0.25, 0.3) is 11.0 Å². The maximum Gasteiger partial charge on any atom is 0.312 e. The monoisotopic (exact) mass is 329 g/mol. The Morgan fingerprint density at radius 3 is 3.08 bits per heavy atom. The standard InChI is InChI=1S/C16H19N5O3/c22-14(12-11-2-1-5-18-13(11)21-20-12)19-9-10-8-16(15(23)24-10)3-6-17-7-4-16/h1-2,5,10,17H,3-4,6-9H2,(H,19,22)(H,18,20,21). The zero-order valence-electron chi connectivity index (χ0n) is 13.2. The molecular formula is C16H19N5O3.